The Balaban J connectivity index is 0.000000794. The molecule has 0 radical (unpaired) electrons. The first-order valence-corrected chi connectivity index (χ1v) is 15.0. The van der Waals surface area contributed by atoms with Gasteiger partial charge in [0.1, 0.15) is 11.3 Å². The lowest BCUT2D eigenvalue weighted by atomic mass is 10.0. The number of benzene rings is 2. The summed E-state index contributed by atoms with van der Waals surface area (Å²) >= 11 is 0. The highest BCUT2D eigenvalue weighted by atomic mass is 19.4. The van der Waals surface area contributed by atoms with Crippen LogP contribution in [0.1, 0.15) is 35.8 Å². The summed E-state index contributed by atoms with van der Waals surface area (Å²) in [5.74, 6) is -3.17. The fourth-order valence-corrected chi connectivity index (χ4v) is 5.02. The fraction of sp³-hybridized carbons (Fsp3) is 0.344. The molecular formula is C32H36F4N8O4. The molecule has 1 atom stereocenters. The Morgan fingerprint density at radius 1 is 1.06 bits per heavy atom. The molecule has 1 amide bonds. The van der Waals surface area contributed by atoms with Crippen molar-refractivity contribution in [2.75, 3.05) is 50.5 Å². The zero-order valence-corrected chi connectivity index (χ0v) is 26.5. The van der Waals surface area contributed by atoms with Gasteiger partial charge in [-0.3, -0.25) is 14.5 Å². The van der Waals surface area contributed by atoms with Crippen LogP contribution in [0.25, 0.3) is 5.69 Å². The number of nitrogens with one attached hydrogen (secondary N) is 2. The Morgan fingerprint density at radius 2 is 1.83 bits per heavy atom. The molecule has 256 valence electrons. The number of amides is 1. The highest BCUT2D eigenvalue weighted by molar-refractivity contribution is 6.05. The molecular weight excluding hydrogens is 636 g/mol. The van der Waals surface area contributed by atoms with Gasteiger partial charge in [0.25, 0.3) is 5.91 Å². The molecule has 12 nitrogen and oxygen atoms in total. The summed E-state index contributed by atoms with van der Waals surface area (Å²) in [5.41, 5.74) is -0.946. The first-order valence-electron chi connectivity index (χ1n) is 15.0. The number of carboxylic acids is 1. The van der Waals surface area contributed by atoms with Crippen molar-refractivity contribution >= 4 is 23.3 Å². The lowest BCUT2D eigenvalue weighted by Gasteiger charge is -2.42. The van der Waals surface area contributed by atoms with E-state index >= 15 is 0 Å². The van der Waals surface area contributed by atoms with Crippen LogP contribution >= 0.6 is 0 Å². The van der Waals surface area contributed by atoms with E-state index in [1.807, 2.05) is 14.0 Å². The monoisotopic (exact) mass is 672 g/mol. The zero-order valence-electron chi connectivity index (χ0n) is 26.5. The number of para-hydroxylation sites is 1. The Morgan fingerprint density at radius 3 is 2.46 bits per heavy atom. The largest absolute Gasteiger partial charge is 0.481 e. The average Bonchev–Trinajstić information content (AvgIpc) is 3.55. The van der Waals surface area contributed by atoms with Crippen LogP contribution in [0.2, 0.25) is 0 Å². The summed E-state index contributed by atoms with van der Waals surface area (Å²) in [6, 6.07) is 10.6. The second-order valence-corrected chi connectivity index (χ2v) is 10.8. The van der Waals surface area contributed by atoms with Gasteiger partial charge in [-0.15, -0.1) is 0 Å². The Hall–Kier alpha value is -5.09. The molecule has 0 aliphatic carbocycles. The third kappa shape index (κ3) is 9.04. The number of aliphatic carboxylic acids is 1. The van der Waals surface area contributed by atoms with E-state index in [2.05, 4.69) is 30.8 Å². The Kier molecular flexibility index (Phi) is 12.0. The van der Waals surface area contributed by atoms with Gasteiger partial charge in [-0.2, -0.15) is 28.5 Å². The van der Waals surface area contributed by atoms with Gasteiger partial charge in [0.2, 0.25) is 0 Å². The SMILES string of the molecule is CCCC(=O)O.CNC[C@H]1CN(c2c(NC(=O)c3ccn(-c4ccnnc4)n3)ccc(Oc3ccccc3F)c2C(F)(F)F)CCN1C. The van der Waals surface area contributed by atoms with Crippen molar-refractivity contribution in [3.63, 3.8) is 0 Å². The van der Waals surface area contributed by atoms with Crippen LogP contribution in [0.3, 0.4) is 0 Å². The molecule has 1 aliphatic heterocycles. The molecule has 0 spiro atoms. The topological polar surface area (TPSA) is 138 Å². The summed E-state index contributed by atoms with van der Waals surface area (Å²) in [6.07, 6.45) is 0.557. The summed E-state index contributed by atoms with van der Waals surface area (Å²) < 4.78 is 65.9. The molecule has 2 aromatic heterocycles. The quantitative estimate of drug-likeness (QED) is 0.196. The second-order valence-electron chi connectivity index (χ2n) is 10.8. The maximum Gasteiger partial charge on any atom is 0.422 e. The minimum absolute atomic E-state index is 0.0237. The number of piperazine rings is 1. The van der Waals surface area contributed by atoms with Gasteiger partial charge >= 0.3 is 12.1 Å². The van der Waals surface area contributed by atoms with E-state index in [0.29, 0.717) is 25.2 Å². The molecule has 48 heavy (non-hydrogen) atoms. The molecule has 0 bridgehead atoms. The first kappa shape index (κ1) is 35.8. The van der Waals surface area contributed by atoms with Gasteiger partial charge in [0, 0.05) is 44.8 Å². The van der Waals surface area contributed by atoms with E-state index in [-0.39, 0.29) is 41.9 Å². The molecule has 1 saturated heterocycles. The highest BCUT2D eigenvalue weighted by Gasteiger charge is 2.42. The second kappa shape index (κ2) is 16.1. The highest BCUT2D eigenvalue weighted by Crippen LogP contribution is 2.48. The van der Waals surface area contributed by atoms with Gasteiger partial charge in [-0.1, -0.05) is 19.1 Å². The third-order valence-corrected chi connectivity index (χ3v) is 7.38. The summed E-state index contributed by atoms with van der Waals surface area (Å²) in [4.78, 5) is 26.5. The standard InChI is InChI=1S/C28H28F4N8O2.C4H8O2/c1-33-15-19-17-39(14-13-38(19)2)26-21(36-27(41)22-10-12-40(37-22)18-9-11-34-35-16-18)7-8-24(25(26)28(30,31)32)42-23-6-4-3-5-20(23)29;1-2-3-4(5)6/h3-12,16,19,33H,13-15,17H2,1-2H3,(H,36,41);2-3H2,1H3,(H,5,6)/t19-;/m0./s1. The molecule has 5 rings (SSSR count). The predicted octanol–water partition coefficient (Wildman–Crippen LogP) is 5.08. The van der Waals surface area contributed by atoms with Crippen molar-refractivity contribution < 1.29 is 37.0 Å². The lowest BCUT2D eigenvalue weighted by Crippen LogP contribution is -2.55. The molecule has 0 unspecified atom stereocenters. The number of carbonyl (C=O) groups excluding carboxylic acids is 1. The molecule has 3 N–H and O–H groups in total. The summed E-state index contributed by atoms with van der Waals surface area (Å²) in [6.45, 7) is 3.32. The number of anilines is 2. The molecule has 3 heterocycles. The number of carboxylic acid groups (broad SMARTS) is 1. The molecule has 1 fully saturated rings. The molecule has 1 aliphatic rings. The average molecular weight is 673 g/mol. The van der Waals surface area contributed by atoms with Crippen LogP contribution < -0.4 is 20.3 Å². The number of nitrogens with zero attached hydrogens (tertiary/aromatic N) is 6. The van der Waals surface area contributed by atoms with Gasteiger partial charge < -0.3 is 25.4 Å². The third-order valence-electron chi connectivity index (χ3n) is 7.38. The van der Waals surface area contributed by atoms with Crippen LogP contribution in [0.15, 0.2) is 67.1 Å². The summed E-state index contributed by atoms with van der Waals surface area (Å²) in [7, 11) is 3.67. The molecule has 2 aromatic carbocycles. The number of hydrogen-bond acceptors (Lipinski definition) is 9. The number of halogens is 4. The van der Waals surface area contributed by atoms with Crippen LogP contribution in [0, 0.1) is 5.82 Å². The number of ether oxygens (including phenoxy) is 1. The minimum atomic E-state index is -4.91. The lowest BCUT2D eigenvalue weighted by molar-refractivity contribution is -0.138. The minimum Gasteiger partial charge on any atom is -0.481 e. The Labute approximate surface area is 274 Å². The maximum atomic E-state index is 14.9. The van der Waals surface area contributed by atoms with E-state index in [1.165, 1.54) is 53.6 Å². The summed E-state index contributed by atoms with van der Waals surface area (Å²) in [5, 5.41) is 25.3. The van der Waals surface area contributed by atoms with Crippen molar-refractivity contribution in [2.24, 2.45) is 0 Å². The maximum absolute atomic E-state index is 14.9. The van der Waals surface area contributed by atoms with Crippen molar-refractivity contribution in [1.29, 1.82) is 0 Å². The van der Waals surface area contributed by atoms with Gasteiger partial charge in [0.05, 0.1) is 29.5 Å². The van der Waals surface area contributed by atoms with Gasteiger partial charge in [-0.25, -0.2) is 9.07 Å². The molecule has 0 saturated carbocycles. The molecule has 4 aromatic rings. The van der Waals surface area contributed by atoms with Crippen molar-refractivity contribution in [3.8, 4) is 17.2 Å². The van der Waals surface area contributed by atoms with Crippen LogP contribution in [0.5, 0.6) is 11.5 Å². The molecule has 16 heteroatoms. The number of alkyl halides is 3. The van der Waals surface area contributed by atoms with E-state index < -0.39 is 35.2 Å². The Bertz CT molecular complexity index is 1690. The number of likely N-dealkylation sites (N-methyl/N-ethyl adjacent to an activating group) is 2. The zero-order chi connectivity index (χ0) is 34.8. The van der Waals surface area contributed by atoms with Crippen molar-refractivity contribution in [1.82, 2.24) is 30.2 Å². The predicted molar refractivity (Wildman–Crippen MR) is 170 cm³/mol. The fourth-order valence-electron chi connectivity index (χ4n) is 5.02. The van der Waals surface area contributed by atoms with Crippen LogP contribution in [-0.2, 0) is 11.0 Å². The van der Waals surface area contributed by atoms with E-state index in [1.54, 1.807) is 18.0 Å². The first-order chi connectivity index (χ1) is 22.9. The van der Waals surface area contributed by atoms with E-state index in [9.17, 15) is 27.2 Å². The normalized spacial score (nSPS) is 15.0. The van der Waals surface area contributed by atoms with Crippen LogP contribution in [-0.4, -0.2) is 88.2 Å². The van der Waals surface area contributed by atoms with E-state index in [0.717, 1.165) is 18.6 Å². The van der Waals surface area contributed by atoms with Crippen LogP contribution in [0.4, 0.5) is 28.9 Å². The van der Waals surface area contributed by atoms with Crippen molar-refractivity contribution in [2.45, 2.75) is 32.0 Å². The van der Waals surface area contributed by atoms with Gasteiger partial charge in [-0.05, 0) is 56.9 Å². The number of rotatable bonds is 10. The van der Waals surface area contributed by atoms with Gasteiger partial charge in [0.15, 0.2) is 17.3 Å². The number of carbonyl (C=O) groups is 2. The van der Waals surface area contributed by atoms with E-state index in [4.69, 9.17) is 9.84 Å². The smallest absolute Gasteiger partial charge is 0.422 e. The van der Waals surface area contributed by atoms with Crippen molar-refractivity contribution in [3.05, 3.63) is 84.2 Å². The number of hydrogen-bond donors (Lipinski definition) is 3. The number of aromatic nitrogens is 4.